The van der Waals surface area contributed by atoms with Gasteiger partial charge >= 0.3 is 0 Å². The van der Waals surface area contributed by atoms with Gasteiger partial charge in [-0.05, 0) is 44.2 Å². The Morgan fingerprint density at radius 1 is 1.18 bits per heavy atom. The fraction of sp³-hybridized carbons (Fsp3) is 0.577. The van der Waals surface area contributed by atoms with Crippen LogP contribution in [0.5, 0.6) is 0 Å². The molecule has 1 aliphatic heterocycles. The number of amides is 1. The summed E-state index contributed by atoms with van der Waals surface area (Å²) >= 11 is 7.26. The minimum Gasteiger partial charge on any atom is -0.379 e. The van der Waals surface area contributed by atoms with Crippen LogP contribution in [-0.4, -0.2) is 48.7 Å². The van der Waals surface area contributed by atoms with Crippen molar-refractivity contribution >= 4 is 45.8 Å². The smallest absolute Gasteiger partial charge is 0.275 e. The van der Waals surface area contributed by atoms with Crippen molar-refractivity contribution in [3.63, 3.8) is 0 Å². The third-order valence-electron chi connectivity index (χ3n) is 6.79. The van der Waals surface area contributed by atoms with E-state index in [1.807, 2.05) is 23.6 Å². The van der Waals surface area contributed by atoms with Crippen molar-refractivity contribution in [1.29, 1.82) is 0 Å². The minimum atomic E-state index is -0.144. The second-order valence-electron chi connectivity index (χ2n) is 9.19. The quantitative estimate of drug-likeness (QED) is 0.344. The number of benzene rings is 1. The Morgan fingerprint density at radius 2 is 1.94 bits per heavy atom. The Kier molecular flexibility index (Phi) is 9.30. The van der Waals surface area contributed by atoms with Crippen LogP contribution in [-0.2, 0) is 4.74 Å². The lowest BCUT2D eigenvalue weighted by Crippen LogP contribution is -2.36. The van der Waals surface area contributed by atoms with Gasteiger partial charge in [-0.15, -0.1) is 11.3 Å². The number of hydrogen-bond acceptors (Lipinski definition) is 6. The monoisotopic (exact) mass is 500 g/mol. The molecule has 2 aromatic rings. The van der Waals surface area contributed by atoms with Gasteiger partial charge in [0.1, 0.15) is 5.69 Å². The predicted molar refractivity (Wildman–Crippen MR) is 144 cm³/mol. The number of unbranched alkanes of at least 4 members (excludes halogenated alkanes) is 2. The van der Waals surface area contributed by atoms with E-state index in [0.29, 0.717) is 30.7 Å². The molecular weight excluding hydrogens is 464 g/mol. The van der Waals surface area contributed by atoms with Crippen LogP contribution in [0.25, 0.3) is 0 Å². The first kappa shape index (κ1) is 25.1. The van der Waals surface area contributed by atoms with Crippen molar-refractivity contribution in [2.75, 3.05) is 43.1 Å². The van der Waals surface area contributed by atoms with Crippen LogP contribution in [0.2, 0.25) is 0 Å². The summed E-state index contributed by atoms with van der Waals surface area (Å²) in [4.78, 5) is 21.0. The second-order valence-corrected chi connectivity index (χ2v) is 10.5. The third-order valence-corrected chi connectivity index (χ3v) is 8.27. The molecule has 184 valence electrons. The summed E-state index contributed by atoms with van der Waals surface area (Å²) in [7, 11) is 0. The zero-order valence-corrected chi connectivity index (χ0v) is 21.7. The molecule has 0 atom stereocenters. The number of hydrogen-bond donors (Lipinski definition) is 2. The van der Waals surface area contributed by atoms with Gasteiger partial charge in [-0.25, -0.2) is 4.98 Å². The van der Waals surface area contributed by atoms with E-state index in [4.69, 9.17) is 21.9 Å². The van der Waals surface area contributed by atoms with E-state index in [-0.39, 0.29) is 5.91 Å². The highest BCUT2D eigenvalue weighted by Crippen LogP contribution is 2.37. The summed E-state index contributed by atoms with van der Waals surface area (Å²) in [5.41, 5.74) is 2.36. The van der Waals surface area contributed by atoms with E-state index < -0.39 is 0 Å². The fourth-order valence-corrected chi connectivity index (χ4v) is 6.07. The lowest BCUT2D eigenvalue weighted by molar-refractivity contribution is 0.102. The molecule has 34 heavy (non-hydrogen) atoms. The standard InChI is InChI=1S/C26H36N4O2S2/c1-2-3-6-13-27-25(33)19-9-11-20(12-10-19)26-29-22(18-34-26)24(31)28-21-7-4-5-8-23(21)30-14-16-32-17-15-30/h4-5,7-8,18-20H,2-3,6,9-17H2,1H3,(H,27,33)(H,28,31). The number of nitrogens with zero attached hydrogens (tertiary/aromatic N) is 2. The fourth-order valence-electron chi connectivity index (χ4n) is 4.76. The lowest BCUT2D eigenvalue weighted by atomic mass is 9.82. The zero-order chi connectivity index (χ0) is 23.8. The Morgan fingerprint density at radius 3 is 2.71 bits per heavy atom. The molecule has 1 aromatic heterocycles. The van der Waals surface area contributed by atoms with E-state index >= 15 is 0 Å². The molecule has 6 nitrogen and oxygen atoms in total. The molecule has 0 bridgehead atoms. The second kappa shape index (κ2) is 12.6. The van der Waals surface area contributed by atoms with Crippen molar-refractivity contribution in [3.8, 4) is 0 Å². The van der Waals surface area contributed by atoms with E-state index in [2.05, 4.69) is 28.5 Å². The Balaban J connectivity index is 1.30. The normalized spacial score (nSPS) is 20.7. The Hall–Kier alpha value is -2.03. The van der Waals surface area contributed by atoms with Gasteiger partial charge in [0, 0.05) is 36.9 Å². The average molecular weight is 501 g/mol. The third kappa shape index (κ3) is 6.55. The number of ether oxygens (including phenoxy) is 1. The van der Waals surface area contributed by atoms with Crippen molar-refractivity contribution in [3.05, 3.63) is 40.3 Å². The molecule has 2 heterocycles. The number of aromatic nitrogens is 1. The van der Waals surface area contributed by atoms with Gasteiger partial charge < -0.3 is 20.3 Å². The van der Waals surface area contributed by atoms with Crippen LogP contribution in [0.1, 0.15) is 73.3 Å². The molecule has 1 amide bonds. The summed E-state index contributed by atoms with van der Waals surface area (Å²) < 4.78 is 5.47. The summed E-state index contributed by atoms with van der Waals surface area (Å²) in [6.45, 7) is 6.28. The first-order chi connectivity index (χ1) is 16.7. The average Bonchev–Trinajstić information content (AvgIpc) is 3.38. The zero-order valence-electron chi connectivity index (χ0n) is 20.1. The van der Waals surface area contributed by atoms with Crippen LogP contribution >= 0.6 is 23.6 Å². The molecule has 2 aliphatic rings. The topological polar surface area (TPSA) is 66.5 Å². The van der Waals surface area contributed by atoms with Crippen molar-refractivity contribution < 1.29 is 9.53 Å². The van der Waals surface area contributed by atoms with Gasteiger partial charge in [0.15, 0.2) is 0 Å². The Bertz CT molecular complexity index is 950. The summed E-state index contributed by atoms with van der Waals surface area (Å²) in [6, 6.07) is 7.96. The van der Waals surface area contributed by atoms with Crippen LogP contribution in [0.4, 0.5) is 11.4 Å². The number of anilines is 2. The number of thiazole rings is 1. The molecule has 2 N–H and O–H groups in total. The first-order valence-electron chi connectivity index (χ1n) is 12.6. The molecule has 0 unspecified atom stereocenters. The summed E-state index contributed by atoms with van der Waals surface area (Å²) in [5, 5.41) is 9.53. The molecule has 2 fully saturated rings. The van der Waals surface area contributed by atoms with Gasteiger partial charge in [0.05, 0.1) is 34.6 Å². The number of rotatable bonds is 9. The maximum atomic E-state index is 13.0. The molecule has 0 radical (unpaired) electrons. The van der Waals surface area contributed by atoms with E-state index in [1.54, 1.807) is 11.3 Å². The van der Waals surface area contributed by atoms with Crippen molar-refractivity contribution in [1.82, 2.24) is 10.3 Å². The maximum Gasteiger partial charge on any atom is 0.275 e. The maximum absolute atomic E-state index is 13.0. The number of thiocarbonyl (C=S) groups is 1. The molecule has 0 spiro atoms. The number of carbonyl (C=O) groups excluding carboxylic acids is 1. The summed E-state index contributed by atoms with van der Waals surface area (Å²) in [5.74, 6) is 0.757. The highest BCUT2D eigenvalue weighted by atomic mass is 32.1. The number of para-hydroxylation sites is 2. The molecule has 1 aromatic carbocycles. The van der Waals surface area contributed by atoms with Gasteiger partial charge in [-0.3, -0.25) is 4.79 Å². The molecule has 8 heteroatoms. The highest BCUT2D eigenvalue weighted by Gasteiger charge is 2.27. The van der Waals surface area contributed by atoms with Gasteiger partial charge in [0.2, 0.25) is 0 Å². The van der Waals surface area contributed by atoms with Crippen LogP contribution < -0.4 is 15.5 Å². The van der Waals surface area contributed by atoms with Gasteiger partial charge in [-0.1, -0.05) is 44.1 Å². The highest BCUT2D eigenvalue weighted by molar-refractivity contribution is 7.80. The molecule has 4 rings (SSSR count). The SMILES string of the molecule is CCCCCNC(=S)C1CCC(c2nc(C(=O)Nc3ccccc3N3CCOCC3)cs2)CC1. The van der Waals surface area contributed by atoms with Crippen molar-refractivity contribution in [2.45, 2.75) is 57.8 Å². The number of nitrogens with one attached hydrogen (secondary N) is 2. The molecule has 1 saturated heterocycles. The van der Waals surface area contributed by atoms with E-state index in [0.717, 1.165) is 66.7 Å². The number of morpholine rings is 1. The van der Waals surface area contributed by atoms with Crippen LogP contribution in [0.3, 0.4) is 0 Å². The Labute approximate surface area is 212 Å². The van der Waals surface area contributed by atoms with E-state index in [1.165, 1.54) is 19.3 Å². The largest absolute Gasteiger partial charge is 0.379 e. The molecular formula is C26H36N4O2S2. The van der Waals surface area contributed by atoms with Crippen molar-refractivity contribution in [2.24, 2.45) is 5.92 Å². The molecule has 1 saturated carbocycles. The number of carbonyl (C=O) groups is 1. The predicted octanol–water partition coefficient (Wildman–Crippen LogP) is 5.61. The van der Waals surface area contributed by atoms with Crippen LogP contribution in [0.15, 0.2) is 29.6 Å². The first-order valence-corrected chi connectivity index (χ1v) is 13.9. The van der Waals surface area contributed by atoms with E-state index in [9.17, 15) is 4.79 Å². The van der Waals surface area contributed by atoms with Gasteiger partial charge in [0.25, 0.3) is 5.91 Å². The summed E-state index contributed by atoms with van der Waals surface area (Å²) in [6.07, 6.45) is 8.02. The lowest BCUT2D eigenvalue weighted by Gasteiger charge is -2.30. The minimum absolute atomic E-state index is 0.144. The van der Waals surface area contributed by atoms with Crippen LogP contribution in [0, 0.1) is 5.92 Å². The molecule has 1 aliphatic carbocycles. The van der Waals surface area contributed by atoms with Gasteiger partial charge in [-0.2, -0.15) is 0 Å².